The smallest absolute Gasteiger partial charge is 0.338 e. The second kappa shape index (κ2) is 7.36. The molecule has 0 atom stereocenters. The van der Waals surface area contributed by atoms with Crippen LogP contribution in [-0.4, -0.2) is 26.7 Å². The van der Waals surface area contributed by atoms with Gasteiger partial charge in [0.2, 0.25) is 10.0 Å². The van der Waals surface area contributed by atoms with E-state index >= 15 is 0 Å². The van der Waals surface area contributed by atoms with E-state index in [4.69, 9.17) is 9.15 Å². The Balaban J connectivity index is 1.56. The molecule has 1 aliphatic rings. The number of esters is 1. The molecule has 0 N–H and O–H groups in total. The van der Waals surface area contributed by atoms with Crippen LogP contribution in [0.25, 0.3) is 11.0 Å². The van der Waals surface area contributed by atoms with Gasteiger partial charge in [-0.05, 0) is 43.2 Å². The first kappa shape index (κ1) is 19.2. The van der Waals surface area contributed by atoms with Gasteiger partial charge in [0.05, 0.1) is 17.0 Å². The number of hydrogen-bond donors (Lipinski definition) is 0. The maximum Gasteiger partial charge on any atom is 0.338 e. The van der Waals surface area contributed by atoms with E-state index in [2.05, 4.69) is 0 Å². The summed E-state index contributed by atoms with van der Waals surface area (Å²) in [5.41, 5.74) is 2.09. The van der Waals surface area contributed by atoms with Crippen molar-refractivity contribution >= 4 is 32.6 Å². The van der Waals surface area contributed by atoms with Gasteiger partial charge >= 0.3 is 11.6 Å². The molecule has 0 unspecified atom stereocenters. The van der Waals surface area contributed by atoms with Crippen LogP contribution in [0.2, 0.25) is 0 Å². The molecule has 0 amide bonds. The van der Waals surface area contributed by atoms with E-state index in [0.717, 1.165) is 5.56 Å². The Kier molecular flexibility index (Phi) is 4.87. The number of sulfonamides is 1. The highest BCUT2D eigenvalue weighted by Crippen LogP contribution is 2.25. The SMILES string of the molecule is Cc1ccc2c(COC(=O)c3cccc(N4CCCS4(=O)=O)c3)cc(=O)oc2c1. The van der Waals surface area contributed by atoms with Crippen LogP contribution in [0.5, 0.6) is 0 Å². The maximum atomic E-state index is 12.5. The molecule has 1 aliphatic heterocycles. The van der Waals surface area contributed by atoms with Gasteiger partial charge in [-0.25, -0.2) is 18.0 Å². The van der Waals surface area contributed by atoms with Gasteiger partial charge < -0.3 is 9.15 Å². The molecule has 1 saturated heterocycles. The summed E-state index contributed by atoms with van der Waals surface area (Å²) in [5.74, 6) is -0.498. The fourth-order valence-corrected chi connectivity index (χ4v) is 4.96. The fraction of sp³-hybridized carbons (Fsp3) is 0.238. The molecular weight excluding hydrogens is 394 g/mol. The molecule has 0 bridgehead atoms. The van der Waals surface area contributed by atoms with Crippen LogP contribution in [0.3, 0.4) is 0 Å². The average molecular weight is 413 g/mol. The molecule has 29 heavy (non-hydrogen) atoms. The third-order valence-electron chi connectivity index (χ3n) is 4.81. The molecule has 0 aliphatic carbocycles. The maximum absolute atomic E-state index is 12.5. The lowest BCUT2D eigenvalue weighted by Gasteiger charge is -2.17. The zero-order chi connectivity index (χ0) is 20.6. The Morgan fingerprint density at radius 1 is 1.17 bits per heavy atom. The van der Waals surface area contributed by atoms with Gasteiger partial charge in [0.1, 0.15) is 12.2 Å². The number of nitrogens with zero attached hydrogens (tertiary/aromatic N) is 1. The standard InChI is InChI=1S/C21H19NO6S/c1-14-6-7-18-16(12-20(23)28-19(18)10-14)13-27-21(24)15-4-2-5-17(11-15)22-8-3-9-29(22,25)26/h2,4-7,10-12H,3,8-9,13H2,1H3. The van der Waals surface area contributed by atoms with Gasteiger partial charge in [0, 0.05) is 23.6 Å². The van der Waals surface area contributed by atoms with Crippen LogP contribution in [0, 0.1) is 6.92 Å². The van der Waals surface area contributed by atoms with Crippen molar-refractivity contribution in [3.05, 3.63) is 75.6 Å². The van der Waals surface area contributed by atoms with E-state index in [1.165, 1.54) is 16.4 Å². The monoisotopic (exact) mass is 413 g/mol. The zero-order valence-corrected chi connectivity index (χ0v) is 16.6. The number of aryl methyl sites for hydroxylation is 1. The Morgan fingerprint density at radius 3 is 2.76 bits per heavy atom. The number of ether oxygens (including phenoxy) is 1. The molecule has 3 aromatic rings. The van der Waals surface area contributed by atoms with Crippen molar-refractivity contribution in [1.82, 2.24) is 0 Å². The number of anilines is 1. The molecule has 0 radical (unpaired) electrons. The third kappa shape index (κ3) is 3.88. The first-order valence-electron chi connectivity index (χ1n) is 9.14. The lowest BCUT2D eigenvalue weighted by Crippen LogP contribution is -2.25. The summed E-state index contributed by atoms with van der Waals surface area (Å²) >= 11 is 0. The molecule has 0 saturated carbocycles. The average Bonchev–Trinajstić information content (AvgIpc) is 3.04. The number of benzene rings is 2. The number of hydrogen-bond acceptors (Lipinski definition) is 6. The zero-order valence-electron chi connectivity index (χ0n) is 15.8. The Morgan fingerprint density at radius 2 is 2.00 bits per heavy atom. The van der Waals surface area contributed by atoms with E-state index < -0.39 is 21.6 Å². The fourth-order valence-electron chi connectivity index (χ4n) is 3.40. The van der Waals surface area contributed by atoms with E-state index in [1.807, 2.05) is 19.1 Å². The highest BCUT2D eigenvalue weighted by atomic mass is 32.2. The van der Waals surface area contributed by atoms with Crippen molar-refractivity contribution in [3.8, 4) is 0 Å². The lowest BCUT2D eigenvalue weighted by atomic mass is 10.1. The summed E-state index contributed by atoms with van der Waals surface area (Å²) in [6, 6.07) is 13.1. The van der Waals surface area contributed by atoms with Crippen molar-refractivity contribution in [1.29, 1.82) is 0 Å². The molecule has 0 spiro atoms. The van der Waals surface area contributed by atoms with Gasteiger partial charge in [-0.1, -0.05) is 18.2 Å². The summed E-state index contributed by atoms with van der Waals surface area (Å²) in [6.07, 6.45) is 0.556. The van der Waals surface area contributed by atoms with Crippen molar-refractivity contribution in [2.75, 3.05) is 16.6 Å². The molecule has 2 aromatic carbocycles. The molecule has 2 heterocycles. The Bertz CT molecular complexity index is 1260. The summed E-state index contributed by atoms with van der Waals surface area (Å²) in [4.78, 5) is 24.3. The van der Waals surface area contributed by atoms with E-state index in [9.17, 15) is 18.0 Å². The first-order valence-corrected chi connectivity index (χ1v) is 10.8. The third-order valence-corrected chi connectivity index (χ3v) is 6.68. The van der Waals surface area contributed by atoms with Crippen LogP contribution < -0.4 is 9.93 Å². The lowest BCUT2D eigenvalue weighted by molar-refractivity contribution is 0.0474. The van der Waals surface area contributed by atoms with Gasteiger partial charge in [0.15, 0.2) is 0 Å². The van der Waals surface area contributed by atoms with E-state index in [-0.39, 0.29) is 17.9 Å². The first-order chi connectivity index (χ1) is 13.8. The number of carbonyl (C=O) groups is 1. The molecular formula is C21H19NO6S. The summed E-state index contributed by atoms with van der Waals surface area (Å²) in [6.45, 7) is 2.18. The normalized spacial score (nSPS) is 15.6. The molecule has 8 heteroatoms. The number of carbonyl (C=O) groups excluding carboxylic acids is 1. The van der Waals surface area contributed by atoms with Gasteiger partial charge in [-0.15, -0.1) is 0 Å². The van der Waals surface area contributed by atoms with E-state index in [0.29, 0.717) is 35.2 Å². The van der Waals surface area contributed by atoms with Crippen molar-refractivity contribution in [2.24, 2.45) is 0 Å². The van der Waals surface area contributed by atoms with Crippen LogP contribution in [0.15, 0.2) is 57.7 Å². The van der Waals surface area contributed by atoms with E-state index in [1.54, 1.807) is 24.3 Å². The van der Waals surface area contributed by atoms with Crippen LogP contribution >= 0.6 is 0 Å². The second-order valence-electron chi connectivity index (χ2n) is 6.96. The van der Waals surface area contributed by atoms with Crippen molar-refractivity contribution < 1.29 is 22.4 Å². The highest BCUT2D eigenvalue weighted by Gasteiger charge is 2.28. The Labute approximate surface area is 167 Å². The topological polar surface area (TPSA) is 93.9 Å². The van der Waals surface area contributed by atoms with Crippen LogP contribution in [-0.2, 0) is 21.4 Å². The molecule has 150 valence electrons. The minimum Gasteiger partial charge on any atom is -0.457 e. The minimum atomic E-state index is -3.33. The number of fused-ring (bicyclic) bond motifs is 1. The molecule has 1 aromatic heterocycles. The summed E-state index contributed by atoms with van der Waals surface area (Å²) in [7, 11) is -3.33. The van der Waals surface area contributed by atoms with Crippen molar-refractivity contribution in [2.45, 2.75) is 20.0 Å². The van der Waals surface area contributed by atoms with Crippen LogP contribution in [0.4, 0.5) is 5.69 Å². The number of rotatable bonds is 4. The largest absolute Gasteiger partial charge is 0.457 e. The highest BCUT2D eigenvalue weighted by molar-refractivity contribution is 7.93. The summed E-state index contributed by atoms with van der Waals surface area (Å²) < 4.78 is 36.1. The van der Waals surface area contributed by atoms with Crippen LogP contribution in [0.1, 0.15) is 27.9 Å². The molecule has 4 rings (SSSR count). The van der Waals surface area contributed by atoms with Gasteiger partial charge in [0.25, 0.3) is 0 Å². The summed E-state index contributed by atoms with van der Waals surface area (Å²) in [5, 5.41) is 0.694. The second-order valence-corrected chi connectivity index (χ2v) is 8.97. The quantitative estimate of drug-likeness (QED) is 0.482. The van der Waals surface area contributed by atoms with Gasteiger partial charge in [-0.2, -0.15) is 0 Å². The minimum absolute atomic E-state index is 0.101. The van der Waals surface area contributed by atoms with Crippen molar-refractivity contribution in [3.63, 3.8) is 0 Å². The Hall–Kier alpha value is -3.13. The molecule has 7 nitrogen and oxygen atoms in total. The predicted octanol–water partition coefficient (Wildman–Crippen LogP) is 3.00. The molecule has 1 fully saturated rings. The predicted molar refractivity (Wildman–Crippen MR) is 109 cm³/mol. The van der Waals surface area contributed by atoms with Gasteiger partial charge in [-0.3, -0.25) is 4.31 Å².